The molecule has 4 heteroatoms. The van der Waals surface area contributed by atoms with Crippen LogP contribution in [0.1, 0.15) is 38.7 Å². The molecule has 0 saturated carbocycles. The molecule has 0 saturated heterocycles. The summed E-state index contributed by atoms with van der Waals surface area (Å²) in [6.07, 6.45) is 0.839. The van der Waals surface area contributed by atoms with E-state index in [2.05, 4.69) is 38.2 Å². The van der Waals surface area contributed by atoms with Crippen LogP contribution in [0.2, 0.25) is 0 Å². The summed E-state index contributed by atoms with van der Waals surface area (Å²) >= 11 is 0. The summed E-state index contributed by atoms with van der Waals surface area (Å²) in [5.41, 5.74) is 2.20. The lowest BCUT2D eigenvalue weighted by atomic mass is 9.86. The van der Waals surface area contributed by atoms with Crippen LogP contribution in [0.15, 0.2) is 24.3 Å². The first-order valence-corrected chi connectivity index (χ1v) is 7.69. The van der Waals surface area contributed by atoms with Gasteiger partial charge in [0, 0.05) is 31.4 Å². The van der Waals surface area contributed by atoms with Crippen molar-refractivity contribution in [2.24, 2.45) is 0 Å². The Balaban J connectivity index is 2.25. The van der Waals surface area contributed by atoms with Crippen LogP contribution in [0, 0.1) is 0 Å². The summed E-state index contributed by atoms with van der Waals surface area (Å²) in [4.78, 5) is 14.9. The van der Waals surface area contributed by atoms with Gasteiger partial charge in [0.05, 0.1) is 12.5 Å². The standard InChI is InChI=1S/C17H26N2O2/c1-12(2)19(9-10-21-4)17(20)15-11-13(3)18-16-8-6-5-7-14(15)16/h5-8,12-13,15,18H,9-11H2,1-4H3. The van der Waals surface area contributed by atoms with E-state index in [1.54, 1.807) is 7.11 Å². The number of rotatable bonds is 5. The minimum Gasteiger partial charge on any atom is -0.383 e. The molecule has 2 rings (SSSR count). The molecule has 0 fully saturated rings. The van der Waals surface area contributed by atoms with Crippen LogP contribution >= 0.6 is 0 Å². The number of nitrogens with one attached hydrogen (secondary N) is 1. The van der Waals surface area contributed by atoms with Gasteiger partial charge >= 0.3 is 0 Å². The highest BCUT2D eigenvalue weighted by Gasteiger charge is 2.33. The Bertz CT molecular complexity index is 487. The van der Waals surface area contributed by atoms with Crippen molar-refractivity contribution in [3.63, 3.8) is 0 Å². The Morgan fingerprint density at radius 3 is 2.81 bits per heavy atom. The average Bonchev–Trinajstić information content (AvgIpc) is 2.46. The fourth-order valence-corrected chi connectivity index (χ4v) is 2.98. The quantitative estimate of drug-likeness (QED) is 0.906. The van der Waals surface area contributed by atoms with Crippen molar-refractivity contribution in [2.45, 2.75) is 45.2 Å². The zero-order valence-electron chi connectivity index (χ0n) is 13.4. The zero-order chi connectivity index (χ0) is 15.4. The molecule has 2 atom stereocenters. The van der Waals surface area contributed by atoms with Crippen molar-refractivity contribution in [3.8, 4) is 0 Å². The third-order valence-electron chi connectivity index (χ3n) is 4.07. The normalized spacial score (nSPS) is 20.8. The molecule has 0 aliphatic carbocycles. The second kappa shape index (κ2) is 6.94. The van der Waals surface area contributed by atoms with Crippen LogP contribution in [0.5, 0.6) is 0 Å². The number of para-hydroxylation sites is 1. The van der Waals surface area contributed by atoms with Crippen LogP contribution in [-0.4, -0.2) is 43.2 Å². The summed E-state index contributed by atoms with van der Waals surface area (Å²) in [5.74, 6) is 0.152. The summed E-state index contributed by atoms with van der Waals surface area (Å²) in [6.45, 7) is 7.47. The summed E-state index contributed by atoms with van der Waals surface area (Å²) < 4.78 is 5.14. The van der Waals surface area contributed by atoms with Crippen LogP contribution in [0.3, 0.4) is 0 Å². The number of hydrogen-bond donors (Lipinski definition) is 1. The van der Waals surface area contributed by atoms with E-state index in [9.17, 15) is 4.79 Å². The van der Waals surface area contributed by atoms with Gasteiger partial charge in [0.1, 0.15) is 0 Å². The molecule has 1 heterocycles. The van der Waals surface area contributed by atoms with Gasteiger partial charge in [0.2, 0.25) is 5.91 Å². The average molecular weight is 290 g/mol. The molecular formula is C17H26N2O2. The number of ether oxygens (including phenoxy) is 1. The van der Waals surface area contributed by atoms with Gasteiger partial charge in [-0.3, -0.25) is 4.79 Å². The maximum Gasteiger partial charge on any atom is 0.230 e. The first kappa shape index (κ1) is 15.8. The van der Waals surface area contributed by atoms with E-state index in [0.717, 1.165) is 17.7 Å². The number of nitrogens with zero attached hydrogens (tertiary/aromatic N) is 1. The number of amides is 1. The van der Waals surface area contributed by atoms with E-state index in [1.165, 1.54) is 0 Å². The van der Waals surface area contributed by atoms with E-state index in [4.69, 9.17) is 4.74 Å². The minimum absolute atomic E-state index is 0.0586. The number of benzene rings is 1. The van der Waals surface area contributed by atoms with Gasteiger partial charge in [-0.1, -0.05) is 18.2 Å². The number of fused-ring (bicyclic) bond motifs is 1. The molecule has 116 valence electrons. The van der Waals surface area contributed by atoms with Crippen molar-refractivity contribution in [2.75, 3.05) is 25.6 Å². The number of anilines is 1. The van der Waals surface area contributed by atoms with E-state index in [-0.39, 0.29) is 17.9 Å². The van der Waals surface area contributed by atoms with Gasteiger partial charge in [0.15, 0.2) is 0 Å². The minimum atomic E-state index is -0.0586. The Kier molecular flexibility index (Phi) is 5.23. The topological polar surface area (TPSA) is 41.6 Å². The molecule has 1 N–H and O–H groups in total. The lowest BCUT2D eigenvalue weighted by Gasteiger charge is -2.35. The Labute approximate surface area is 127 Å². The Morgan fingerprint density at radius 1 is 1.43 bits per heavy atom. The van der Waals surface area contributed by atoms with Gasteiger partial charge in [-0.25, -0.2) is 0 Å². The summed E-state index contributed by atoms with van der Waals surface area (Å²) in [7, 11) is 1.67. The number of methoxy groups -OCH3 is 1. The van der Waals surface area contributed by atoms with Crippen LogP contribution in [-0.2, 0) is 9.53 Å². The largest absolute Gasteiger partial charge is 0.383 e. The Hall–Kier alpha value is -1.55. The van der Waals surface area contributed by atoms with Gasteiger partial charge in [-0.2, -0.15) is 0 Å². The van der Waals surface area contributed by atoms with Crippen LogP contribution in [0.25, 0.3) is 0 Å². The van der Waals surface area contributed by atoms with Gasteiger partial charge in [-0.15, -0.1) is 0 Å². The van der Waals surface area contributed by atoms with Gasteiger partial charge in [0.25, 0.3) is 0 Å². The number of hydrogen-bond acceptors (Lipinski definition) is 3. The van der Waals surface area contributed by atoms with Crippen molar-refractivity contribution >= 4 is 11.6 Å². The third-order valence-corrected chi connectivity index (χ3v) is 4.07. The highest BCUT2D eigenvalue weighted by Crippen LogP contribution is 2.35. The predicted molar refractivity (Wildman–Crippen MR) is 85.6 cm³/mol. The number of carbonyl (C=O) groups excluding carboxylic acids is 1. The first-order chi connectivity index (χ1) is 10.0. The summed E-state index contributed by atoms with van der Waals surface area (Å²) in [5, 5.41) is 3.46. The molecular weight excluding hydrogens is 264 g/mol. The lowest BCUT2D eigenvalue weighted by Crippen LogP contribution is -2.44. The van der Waals surface area contributed by atoms with Crippen molar-refractivity contribution in [1.82, 2.24) is 4.90 Å². The molecule has 21 heavy (non-hydrogen) atoms. The first-order valence-electron chi connectivity index (χ1n) is 7.69. The van der Waals surface area contributed by atoms with Gasteiger partial charge in [-0.05, 0) is 38.8 Å². The lowest BCUT2D eigenvalue weighted by molar-refractivity contribution is -0.135. The number of carbonyl (C=O) groups is 1. The second-order valence-corrected chi connectivity index (χ2v) is 6.04. The van der Waals surface area contributed by atoms with Crippen molar-refractivity contribution in [1.29, 1.82) is 0 Å². The molecule has 2 unspecified atom stereocenters. The molecule has 1 aliphatic heterocycles. The zero-order valence-corrected chi connectivity index (χ0v) is 13.4. The fourth-order valence-electron chi connectivity index (χ4n) is 2.98. The Morgan fingerprint density at radius 2 is 2.14 bits per heavy atom. The molecule has 0 radical (unpaired) electrons. The molecule has 1 aliphatic rings. The third kappa shape index (κ3) is 3.56. The second-order valence-electron chi connectivity index (χ2n) is 6.04. The summed E-state index contributed by atoms with van der Waals surface area (Å²) in [6, 6.07) is 8.63. The highest BCUT2D eigenvalue weighted by molar-refractivity contribution is 5.86. The SMILES string of the molecule is COCCN(C(=O)C1CC(C)Nc2ccccc21)C(C)C. The van der Waals surface area contributed by atoms with Crippen LogP contribution < -0.4 is 5.32 Å². The smallest absolute Gasteiger partial charge is 0.230 e. The highest BCUT2D eigenvalue weighted by atomic mass is 16.5. The molecule has 0 aromatic heterocycles. The molecule has 0 bridgehead atoms. The van der Waals surface area contributed by atoms with E-state index in [0.29, 0.717) is 19.2 Å². The molecule has 1 amide bonds. The van der Waals surface area contributed by atoms with Crippen molar-refractivity contribution < 1.29 is 9.53 Å². The van der Waals surface area contributed by atoms with E-state index < -0.39 is 0 Å². The van der Waals surface area contributed by atoms with E-state index >= 15 is 0 Å². The van der Waals surface area contributed by atoms with Gasteiger partial charge < -0.3 is 15.0 Å². The monoisotopic (exact) mass is 290 g/mol. The molecule has 1 aromatic carbocycles. The van der Waals surface area contributed by atoms with Crippen molar-refractivity contribution in [3.05, 3.63) is 29.8 Å². The molecule has 1 aromatic rings. The molecule has 4 nitrogen and oxygen atoms in total. The molecule has 0 spiro atoms. The maximum absolute atomic E-state index is 13.0. The van der Waals surface area contributed by atoms with Crippen LogP contribution in [0.4, 0.5) is 5.69 Å². The maximum atomic E-state index is 13.0. The van der Waals surface area contributed by atoms with E-state index in [1.807, 2.05) is 17.0 Å². The fraction of sp³-hybridized carbons (Fsp3) is 0.588. The predicted octanol–water partition coefficient (Wildman–Crippen LogP) is 2.86.